The van der Waals surface area contributed by atoms with Crippen LogP contribution in [0.1, 0.15) is 43.1 Å². The lowest BCUT2D eigenvalue weighted by Gasteiger charge is -2.13. The van der Waals surface area contributed by atoms with Crippen molar-refractivity contribution in [2.75, 3.05) is 13.2 Å². The molecular weight excluding hydrogens is 304 g/mol. The molecule has 2 aromatic rings. The highest BCUT2D eigenvalue weighted by atomic mass is 16.5. The average molecular weight is 330 g/mol. The number of aryl methyl sites for hydroxylation is 2. The Morgan fingerprint density at radius 3 is 2.71 bits per heavy atom. The maximum Gasteiger partial charge on any atom is 0.343 e. The minimum Gasteiger partial charge on any atom is -0.462 e. The van der Waals surface area contributed by atoms with Gasteiger partial charge in [0.05, 0.1) is 12.1 Å². The summed E-state index contributed by atoms with van der Waals surface area (Å²) in [5.74, 6) is -0.323. The van der Waals surface area contributed by atoms with Crippen molar-refractivity contribution >= 4 is 16.9 Å². The molecule has 1 heterocycles. The summed E-state index contributed by atoms with van der Waals surface area (Å²) in [4.78, 5) is 25.1. The number of carbonyl (C=O) groups is 1. The maximum absolute atomic E-state index is 12.8. The van der Waals surface area contributed by atoms with Crippen LogP contribution in [0.15, 0.2) is 29.2 Å². The van der Waals surface area contributed by atoms with Gasteiger partial charge in [-0.25, -0.2) is 4.79 Å². The molecule has 0 spiro atoms. The zero-order valence-electron chi connectivity index (χ0n) is 14.7. The Labute approximate surface area is 142 Å². The minimum absolute atomic E-state index is 0.0981. The number of ether oxygens (including phenoxy) is 1. The summed E-state index contributed by atoms with van der Waals surface area (Å²) in [5, 5.41) is 0.561. The van der Waals surface area contributed by atoms with Gasteiger partial charge < -0.3 is 15.0 Å². The first-order chi connectivity index (χ1) is 11.5. The van der Waals surface area contributed by atoms with Gasteiger partial charge in [0.1, 0.15) is 5.56 Å². The molecule has 5 nitrogen and oxygen atoms in total. The van der Waals surface area contributed by atoms with Crippen LogP contribution in [0.4, 0.5) is 0 Å². The standard InChI is InChI=1S/C19H26N2O3/c1-4-21-11-16(19(23)24-12-13(2)3)18(22)15-10-14(6-5-9-20)7-8-17(15)21/h7-8,10-11,13H,4-6,9,12,20H2,1-3H3. The van der Waals surface area contributed by atoms with Crippen LogP contribution in [0.25, 0.3) is 10.9 Å². The van der Waals surface area contributed by atoms with Gasteiger partial charge in [-0.15, -0.1) is 0 Å². The monoisotopic (exact) mass is 330 g/mol. The van der Waals surface area contributed by atoms with Gasteiger partial charge in [0, 0.05) is 18.1 Å². The number of carbonyl (C=O) groups excluding carboxylic acids is 1. The topological polar surface area (TPSA) is 74.3 Å². The predicted octanol–water partition coefficient (Wildman–Crippen LogP) is 2.73. The summed E-state index contributed by atoms with van der Waals surface area (Å²) in [6.07, 6.45) is 3.29. The first-order valence-corrected chi connectivity index (χ1v) is 8.51. The smallest absolute Gasteiger partial charge is 0.343 e. The molecule has 2 N–H and O–H groups in total. The van der Waals surface area contributed by atoms with Crippen molar-refractivity contribution in [2.24, 2.45) is 11.7 Å². The van der Waals surface area contributed by atoms with Crippen LogP contribution in [-0.2, 0) is 17.7 Å². The number of aromatic nitrogens is 1. The van der Waals surface area contributed by atoms with Crippen molar-refractivity contribution in [3.8, 4) is 0 Å². The quantitative estimate of drug-likeness (QED) is 0.792. The molecular formula is C19H26N2O3. The van der Waals surface area contributed by atoms with Crippen LogP contribution >= 0.6 is 0 Å². The maximum atomic E-state index is 12.8. The predicted molar refractivity (Wildman–Crippen MR) is 96.4 cm³/mol. The lowest BCUT2D eigenvalue weighted by Crippen LogP contribution is -2.22. The first kappa shape index (κ1) is 18.2. The molecule has 0 saturated carbocycles. The van der Waals surface area contributed by atoms with Gasteiger partial charge in [-0.1, -0.05) is 19.9 Å². The van der Waals surface area contributed by atoms with E-state index in [0.29, 0.717) is 25.1 Å². The Kier molecular flexibility index (Phi) is 6.15. The minimum atomic E-state index is -0.551. The highest BCUT2D eigenvalue weighted by Gasteiger charge is 2.17. The molecule has 1 aromatic carbocycles. The Bertz CT molecular complexity index is 778. The molecule has 24 heavy (non-hydrogen) atoms. The van der Waals surface area contributed by atoms with E-state index in [2.05, 4.69) is 0 Å². The highest BCUT2D eigenvalue weighted by Crippen LogP contribution is 2.16. The fourth-order valence-electron chi connectivity index (χ4n) is 2.63. The summed E-state index contributed by atoms with van der Waals surface area (Å²) < 4.78 is 7.16. The molecule has 0 amide bonds. The third-order valence-electron chi connectivity index (χ3n) is 3.92. The normalized spacial score (nSPS) is 11.2. The molecule has 0 aliphatic carbocycles. The summed E-state index contributed by atoms with van der Waals surface area (Å²) in [6.45, 7) is 7.49. The second-order valence-corrected chi connectivity index (χ2v) is 6.39. The van der Waals surface area contributed by atoms with Gasteiger partial charge in [-0.3, -0.25) is 4.79 Å². The Morgan fingerprint density at radius 1 is 1.33 bits per heavy atom. The molecule has 0 atom stereocenters. The summed E-state index contributed by atoms with van der Waals surface area (Å²) >= 11 is 0. The van der Waals surface area contributed by atoms with E-state index < -0.39 is 5.97 Å². The van der Waals surface area contributed by atoms with Crippen LogP contribution in [0.5, 0.6) is 0 Å². The van der Waals surface area contributed by atoms with Crippen LogP contribution in [0, 0.1) is 5.92 Å². The van der Waals surface area contributed by atoms with Gasteiger partial charge in [0.15, 0.2) is 0 Å². The largest absolute Gasteiger partial charge is 0.462 e. The van der Waals surface area contributed by atoms with E-state index in [-0.39, 0.29) is 16.9 Å². The molecule has 0 unspecified atom stereocenters. The van der Waals surface area contributed by atoms with Gasteiger partial charge in [0.25, 0.3) is 0 Å². The van der Waals surface area contributed by atoms with Gasteiger partial charge >= 0.3 is 5.97 Å². The number of hydrogen-bond acceptors (Lipinski definition) is 4. The van der Waals surface area contributed by atoms with Crippen LogP contribution in [-0.4, -0.2) is 23.7 Å². The van der Waals surface area contributed by atoms with Crippen molar-refractivity contribution in [1.82, 2.24) is 4.57 Å². The molecule has 0 saturated heterocycles. The zero-order chi connectivity index (χ0) is 17.7. The van der Waals surface area contributed by atoms with Gasteiger partial charge in [0.2, 0.25) is 5.43 Å². The summed E-state index contributed by atoms with van der Waals surface area (Å²) in [6, 6.07) is 5.83. The molecule has 5 heteroatoms. The second-order valence-electron chi connectivity index (χ2n) is 6.39. The van der Waals surface area contributed by atoms with Gasteiger partial charge in [-0.2, -0.15) is 0 Å². The van der Waals surface area contributed by atoms with E-state index in [1.165, 1.54) is 0 Å². The van der Waals surface area contributed by atoms with E-state index in [4.69, 9.17) is 10.5 Å². The average Bonchev–Trinajstić information content (AvgIpc) is 2.58. The van der Waals surface area contributed by atoms with Crippen molar-refractivity contribution in [3.63, 3.8) is 0 Å². The molecule has 0 bridgehead atoms. The third-order valence-corrected chi connectivity index (χ3v) is 3.92. The molecule has 130 valence electrons. The van der Waals surface area contributed by atoms with Crippen LogP contribution in [0.3, 0.4) is 0 Å². The van der Waals surface area contributed by atoms with Crippen molar-refractivity contribution in [1.29, 1.82) is 0 Å². The third kappa shape index (κ3) is 4.03. The number of fused-ring (bicyclic) bond motifs is 1. The molecule has 1 aromatic heterocycles. The van der Waals surface area contributed by atoms with E-state index in [0.717, 1.165) is 23.9 Å². The van der Waals surface area contributed by atoms with E-state index in [9.17, 15) is 9.59 Å². The van der Waals surface area contributed by atoms with Crippen molar-refractivity contribution in [3.05, 3.63) is 45.7 Å². The molecule has 0 aliphatic heterocycles. The summed E-state index contributed by atoms with van der Waals surface area (Å²) in [7, 11) is 0. The Morgan fingerprint density at radius 2 is 2.08 bits per heavy atom. The van der Waals surface area contributed by atoms with Crippen molar-refractivity contribution < 1.29 is 9.53 Å². The fourth-order valence-corrected chi connectivity index (χ4v) is 2.63. The van der Waals surface area contributed by atoms with Crippen LogP contribution in [0.2, 0.25) is 0 Å². The molecule has 0 fully saturated rings. The summed E-state index contributed by atoms with van der Waals surface area (Å²) in [5.41, 5.74) is 7.28. The molecule has 0 radical (unpaired) electrons. The zero-order valence-corrected chi connectivity index (χ0v) is 14.7. The number of nitrogens with two attached hydrogens (primary N) is 1. The lowest BCUT2D eigenvalue weighted by molar-refractivity contribution is 0.0457. The van der Waals surface area contributed by atoms with Crippen molar-refractivity contribution in [2.45, 2.75) is 40.2 Å². The first-order valence-electron chi connectivity index (χ1n) is 8.51. The van der Waals surface area contributed by atoms with Gasteiger partial charge in [-0.05, 0) is 49.9 Å². The number of pyridine rings is 1. The van der Waals surface area contributed by atoms with E-state index in [1.807, 2.05) is 43.5 Å². The number of esters is 1. The van der Waals surface area contributed by atoms with Crippen LogP contribution < -0.4 is 11.2 Å². The highest BCUT2D eigenvalue weighted by molar-refractivity contribution is 5.94. The Hall–Kier alpha value is -2.14. The number of hydrogen-bond donors (Lipinski definition) is 1. The molecule has 0 aliphatic rings. The number of benzene rings is 1. The van der Waals surface area contributed by atoms with E-state index in [1.54, 1.807) is 6.20 Å². The Balaban J connectivity index is 2.50. The number of nitrogens with zero attached hydrogens (tertiary/aromatic N) is 1. The number of rotatable bonds is 7. The molecule has 2 rings (SSSR count). The second kappa shape index (κ2) is 8.11. The fraction of sp³-hybridized carbons (Fsp3) is 0.474. The SMILES string of the molecule is CCn1cc(C(=O)OCC(C)C)c(=O)c2cc(CCCN)ccc21. The van der Waals surface area contributed by atoms with E-state index >= 15 is 0 Å². The lowest BCUT2D eigenvalue weighted by atomic mass is 10.0.